The second-order valence-electron chi connectivity index (χ2n) is 4.48. The Hall–Kier alpha value is -2.29. The molecule has 0 radical (unpaired) electrons. The highest BCUT2D eigenvalue weighted by atomic mass is 16.1. The zero-order valence-electron chi connectivity index (χ0n) is 9.94. The summed E-state index contributed by atoms with van der Waals surface area (Å²) in [6.45, 7) is 0. The number of anilines is 2. The predicted octanol–water partition coefficient (Wildman–Crippen LogP) is 2.63. The minimum atomic E-state index is -0.361. The molecule has 0 saturated carbocycles. The number of primary amides is 1. The van der Waals surface area contributed by atoms with Gasteiger partial charge in [-0.25, -0.2) is 0 Å². The van der Waals surface area contributed by atoms with Crippen LogP contribution < -0.4 is 11.1 Å². The van der Waals surface area contributed by atoms with Gasteiger partial charge in [-0.05, 0) is 42.2 Å². The maximum atomic E-state index is 11.5. The molecule has 0 unspecified atom stereocenters. The van der Waals surface area contributed by atoms with Crippen LogP contribution in [0.3, 0.4) is 0 Å². The summed E-state index contributed by atoms with van der Waals surface area (Å²) in [5.74, 6) is -0.361. The lowest BCUT2D eigenvalue weighted by atomic mass is 9.99. The zero-order chi connectivity index (χ0) is 12.5. The van der Waals surface area contributed by atoms with Gasteiger partial charge in [0.15, 0.2) is 0 Å². The molecule has 0 aliphatic carbocycles. The van der Waals surface area contributed by atoms with Crippen LogP contribution in [0.1, 0.15) is 21.5 Å². The van der Waals surface area contributed by atoms with Gasteiger partial charge in [0.1, 0.15) is 0 Å². The Balaban J connectivity index is 2.12. The molecular formula is C15H14N2O. The van der Waals surface area contributed by atoms with E-state index in [4.69, 9.17) is 5.73 Å². The van der Waals surface area contributed by atoms with Crippen molar-refractivity contribution in [2.24, 2.45) is 5.73 Å². The maximum absolute atomic E-state index is 11.5. The summed E-state index contributed by atoms with van der Waals surface area (Å²) in [4.78, 5) is 11.5. The van der Waals surface area contributed by atoms with Crippen molar-refractivity contribution >= 4 is 17.3 Å². The van der Waals surface area contributed by atoms with Gasteiger partial charge in [-0.3, -0.25) is 4.79 Å². The molecule has 0 spiro atoms. The topological polar surface area (TPSA) is 55.1 Å². The molecule has 0 saturated heterocycles. The summed E-state index contributed by atoms with van der Waals surface area (Å²) in [5, 5.41) is 3.39. The number of nitrogens with one attached hydrogen (secondary N) is 1. The van der Waals surface area contributed by atoms with Crippen LogP contribution in [0.25, 0.3) is 0 Å². The number of carbonyl (C=O) groups excluding carboxylic acids is 1. The van der Waals surface area contributed by atoms with E-state index in [1.807, 2.05) is 24.3 Å². The van der Waals surface area contributed by atoms with Crippen LogP contribution in [0.15, 0.2) is 42.5 Å². The molecule has 3 nitrogen and oxygen atoms in total. The van der Waals surface area contributed by atoms with Gasteiger partial charge in [0.25, 0.3) is 0 Å². The fourth-order valence-electron chi connectivity index (χ4n) is 2.47. The van der Waals surface area contributed by atoms with Crippen LogP contribution in [-0.4, -0.2) is 5.91 Å². The highest BCUT2D eigenvalue weighted by Gasteiger charge is 2.17. The maximum Gasteiger partial charge on any atom is 0.249 e. The molecule has 3 heteroatoms. The van der Waals surface area contributed by atoms with E-state index in [0.717, 1.165) is 29.8 Å². The predicted molar refractivity (Wildman–Crippen MR) is 72.1 cm³/mol. The van der Waals surface area contributed by atoms with Crippen LogP contribution in [-0.2, 0) is 12.8 Å². The quantitative estimate of drug-likeness (QED) is 0.802. The number of para-hydroxylation sites is 1. The first-order valence-corrected chi connectivity index (χ1v) is 6.02. The van der Waals surface area contributed by atoms with E-state index in [1.54, 1.807) is 6.07 Å². The van der Waals surface area contributed by atoms with E-state index < -0.39 is 0 Å². The summed E-state index contributed by atoms with van der Waals surface area (Å²) in [6.07, 6.45) is 1.75. The molecular weight excluding hydrogens is 224 g/mol. The van der Waals surface area contributed by atoms with Crippen molar-refractivity contribution in [3.8, 4) is 0 Å². The molecule has 1 heterocycles. The number of hydrogen-bond donors (Lipinski definition) is 2. The van der Waals surface area contributed by atoms with Gasteiger partial charge in [-0.15, -0.1) is 0 Å². The van der Waals surface area contributed by atoms with E-state index in [9.17, 15) is 4.79 Å². The Morgan fingerprint density at radius 2 is 1.78 bits per heavy atom. The average molecular weight is 238 g/mol. The molecule has 2 aromatic rings. The number of rotatable bonds is 1. The first kappa shape index (κ1) is 10.8. The molecule has 0 fully saturated rings. The highest BCUT2D eigenvalue weighted by molar-refractivity contribution is 5.96. The number of benzene rings is 2. The molecule has 1 amide bonds. The Bertz CT molecular complexity index is 620. The van der Waals surface area contributed by atoms with Gasteiger partial charge in [0, 0.05) is 16.9 Å². The number of nitrogens with two attached hydrogens (primary N) is 1. The fourth-order valence-corrected chi connectivity index (χ4v) is 2.47. The second kappa shape index (κ2) is 4.18. The molecule has 0 atom stereocenters. The minimum absolute atomic E-state index is 0.361. The van der Waals surface area contributed by atoms with Crippen LogP contribution in [0.4, 0.5) is 11.4 Å². The van der Waals surface area contributed by atoms with Gasteiger partial charge in [-0.1, -0.05) is 24.3 Å². The van der Waals surface area contributed by atoms with Gasteiger partial charge in [-0.2, -0.15) is 0 Å². The molecule has 18 heavy (non-hydrogen) atoms. The lowest BCUT2D eigenvalue weighted by Crippen LogP contribution is -2.14. The lowest BCUT2D eigenvalue weighted by Gasteiger charge is -2.11. The Morgan fingerprint density at radius 3 is 2.61 bits per heavy atom. The summed E-state index contributed by atoms with van der Waals surface area (Å²) >= 11 is 0. The van der Waals surface area contributed by atoms with Gasteiger partial charge >= 0.3 is 0 Å². The largest absolute Gasteiger partial charge is 0.366 e. The standard InChI is InChI=1S/C15H14N2O/c16-15(18)12-5-3-7-14-11(12)9-8-10-4-1-2-6-13(10)17-14/h1-7,17H,8-9H2,(H2,16,18). The third kappa shape index (κ3) is 1.74. The Labute approximate surface area is 106 Å². The highest BCUT2D eigenvalue weighted by Crippen LogP contribution is 2.31. The zero-order valence-corrected chi connectivity index (χ0v) is 9.94. The van der Waals surface area contributed by atoms with E-state index in [-0.39, 0.29) is 5.91 Å². The summed E-state index contributed by atoms with van der Waals surface area (Å²) in [7, 11) is 0. The number of hydrogen-bond acceptors (Lipinski definition) is 2. The van der Waals surface area contributed by atoms with Crippen molar-refractivity contribution in [1.82, 2.24) is 0 Å². The Morgan fingerprint density at radius 1 is 1.00 bits per heavy atom. The van der Waals surface area contributed by atoms with Crippen molar-refractivity contribution in [1.29, 1.82) is 0 Å². The number of carbonyl (C=O) groups is 1. The lowest BCUT2D eigenvalue weighted by molar-refractivity contribution is 0.0999. The molecule has 3 rings (SSSR count). The van der Waals surface area contributed by atoms with Crippen LogP contribution in [0.5, 0.6) is 0 Å². The van der Waals surface area contributed by atoms with E-state index >= 15 is 0 Å². The smallest absolute Gasteiger partial charge is 0.249 e. The Kier molecular flexibility index (Phi) is 2.52. The molecule has 0 bridgehead atoms. The first-order chi connectivity index (χ1) is 8.75. The second-order valence-corrected chi connectivity index (χ2v) is 4.48. The molecule has 2 aromatic carbocycles. The van der Waals surface area contributed by atoms with Crippen molar-refractivity contribution in [2.75, 3.05) is 5.32 Å². The fraction of sp³-hybridized carbons (Fsp3) is 0.133. The van der Waals surface area contributed by atoms with Gasteiger partial charge < -0.3 is 11.1 Å². The summed E-state index contributed by atoms with van der Waals surface area (Å²) in [6, 6.07) is 13.8. The normalized spacial score (nSPS) is 12.9. The van der Waals surface area contributed by atoms with Crippen molar-refractivity contribution < 1.29 is 4.79 Å². The summed E-state index contributed by atoms with van der Waals surface area (Å²) < 4.78 is 0. The van der Waals surface area contributed by atoms with E-state index in [2.05, 4.69) is 17.4 Å². The molecule has 3 N–H and O–H groups in total. The monoisotopic (exact) mass is 238 g/mol. The third-order valence-electron chi connectivity index (χ3n) is 3.37. The van der Waals surface area contributed by atoms with Crippen molar-refractivity contribution in [3.05, 3.63) is 59.2 Å². The minimum Gasteiger partial charge on any atom is -0.366 e. The number of fused-ring (bicyclic) bond motifs is 2. The van der Waals surface area contributed by atoms with Crippen molar-refractivity contribution in [2.45, 2.75) is 12.8 Å². The molecule has 1 aliphatic rings. The third-order valence-corrected chi connectivity index (χ3v) is 3.37. The van der Waals surface area contributed by atoms with Crippen LogP contribution in [0, 0.1) is 0 Å². The molecule has 0 aromatic heterocycles. The van der Waals surface area contributed by atoms with Gasteiger partial charge in [0.2, 0.25) is 5.91 Å². The molecule has 90 valence electrons. The van der Waals surface area contributed by atoms with Crippen LogP contribution in [0.2, 0.25) is 0 Å². The van der Waals surface area contributed by atoms with Crippen molar-refractivity contribution in [3.63, 3.8) is 0 Å². The number of aryl methyl sites for hydroxylation is 1. The van der Waals surface area contributed by atoms with E-state index in [1.165, 1.54) is 5.56 Å². The van der Waals surface area contributed by atoms with Crippen LogP contribution >= 0.6 is 0 Å². The SMILES string of the molecule is NC(=O)c1cccc2c1CCc1ccccc1N2. The molecule has 1 aliphatic heterocycles. The average Bonchev–Trinajstić information content (AvgIpc) is 2.56. The number of amides is 1. The first-order valence-electron chi connectivity index (χ1n) is 6.02. The van der Waals surface area contributed by atoms with E-state index in [0.29, 0.717) is 5.56 Å². The van der Waals surface area contributed by atoms with Gasteiger partial charge in [0.05, 0.1) is 0 Å². The summed E-state index contributed by atoms with van der Waals surface area (Å²) in [5.41, 5.74) is 10.4.